The van der Waals surface area contributed by atoms with E-state index in [1.165, 1.54) is 42.5 Å². The molecule has 0 saturated carbocycles. The van der Waals surface area contributed by atoms with Crippen molar-refractivity contribution < 1.29 is 34.4 Å². The fourth-order valence-corrected chi connectivity index (χ4v) is 2.89. The van der Waals surface area contributed by atoms with E-state index < -0.39 is 43.5 Å². The van der Waals surface area contributed by atoms with Gasteiger partial charge in [-0.25, -0.2) is 0 Å². The largest absolute Gasteiger partial charge is 0.508 e. The van der Waals surface area contributed by atoms with Gasteiger partial charge < -0.3 is 30.3 Å². The van der Waals surface area contributed by atoms with E-state index in [1.54, 1.807) is 0 Å². The van der Waals surface area contributed by atoms with Gasteiger partial charge in [-0.3, -0.25) is 0 Å². The first kappa shape index (κ1) is 15.4. The first-order valence-electron chi connectivity index (χ1n) is 9.45. The van der Waals surface area contributed by atoms with E-state index >= 15 is 0 Å². The smallest absolute Gasteiger partial charge is 0.115 e. The van der Waals surface area contributed by atoms with Gasteiger partial charge in [0.15, 0.2) is 0 Å². The minimum Gasteiger partial charge on any atom is -0.508 e. The van der Waals surface area contributed by atoms with E-state index in [0.29, 0.717) is 0 Å². The van der Waals surface area contributed by atoms with Crippen molar-refractivity contribution in [3.8, 4) is 5.75 Å². The molecule has 0 aromatic heterocycles. The third kappa shape index (κ3) is 3.86. The summed E-state index contributed by atoms with van der Waals surface area (Å²) >= 11 is 6.21. The Morgan fingerprint density at radius 2 is 1.73 bits per heavy atom. The first-order valence-corrected chi connectivity index (χ1v) is 8.33. The fourth-order valence-electron chi connectivity index (χ4n) is 2.72. The van der Waals surface area contributed by atoms with Gasteiger partial charge in [0.1, 0.15) is 36.2 Å². The Bertz CT molecular complexity index is 879. The topological polar surface area (TPSA) is 110 Å². The van der Waals surface area contributed by atoms with Gasteiger partial charge in [0.05, 0.1) is 7.98 Å². The van der Waals surface area contributed by atoms with Gasteiger partial charge in [0.25, 0.3) is 0 Å². The fraction of sp³-hybridized carbons (Fsp3) is 0.368. The molecule has 140 valence electrons. The van der Waals surface area contributed by atoms with Crippen LogP contribution in [0.3, 0.4) is 0 Å². The molecule has 0 amide bonds. The zero-order chi connectivity index (χ0) is 21.6. The predicted octanol–water partition coefficient (Wildman–Crippen LogP) is 1.15. The normalized spacial score (nSPS) is 34.0. The van der Waals surface area contributed by atoms with Crippen LogP contribution in [-0.4, -0.2) is 56.6 Å². The van der Waals surface area contributed by atoms with E-state index in [9.17, 15) is 25.5 Å². The van der Waals surface area contributed by atoms with Crippen molar-refractivity contribution in [2.75, 3.05) is 6.61 Å². The molecule has 0 bridgehead atoms. The SMILES string of the molecule is [2H]C([2H])(c1ccc(O)cc1)c1cc([C@]2([2H])O[C@H](CO)[C@@H](O)[C@H](O)[C@H]2O)ccc1Cl. The van der Waals surface area contributed by atoms with Crippen LogP contribution in [0.2, 0.25) is 5.02 Å². The maximum absolute atomic E-state index is 10.4. The molecule has 2 aromatic carbocycles. The van der Waals surface area contributed by atoms with Crippen molar-refractivity contribution in [3.05, 3.63) is 64.2 Å². The number of hydrogen-bond acceptors (Lipinski definition) is 6. The molecule has 0 spiro atoms. The molecule has 5 atom stereocenters. The van der Waals surface area contributed by atoms with Crippen LogP contribution in [0.25, 0.3) is 0 Å². The number of halogens is 1. The zero-order valence-corrected chi connectivity index (χ0v) is 14.3. The van der Waals surface area contributed by atoms with Gasteiger partial charge in [0.2, 0.25) is 0 Å². The van der Waals surface area contributed by atoms with Crippen molar-refractivity contribution in [1.29, 1.82) is 0 Å². The number of aliphatic hydroxyl groups excluding tert-OH is 4. The summed E-state index contributed by atoms with van der Waals surface area (Å²) in [6.07, 6.45) is -10.9. The molecule has 0 aliphatic carbocycles. The molecule has 1 saturated heterocycles. The minimum absolute atomic E-state index is 0.0172. The molecule has 0 radical (unpaired) electrons. The summed E-state index contributed by atoms with van der Waals surface area (Å²) in [6, 6.07) is 9.36. The summed E-state index contributed by atoms with van der Waals surface area (Å²) in [5.41, 5.74) is 0.157. The molecule has 26 heavy (non-hydrogen) atoms. The van der Waals surface area contributed by atoms with Crippen LogP contribution < -0.4 is 0 Å². The number of aromatic hydroxyl groups is 1. The third-order valence-corrected chi connectivity index (χ3v) is 4.51. The molecule has 3 rings (SSSR count). The molecule has 1 aliphatic rings. The summed E-state index contributed by atoms with van der Waals surface area (Å²) in [7, 11) is 0. The number of aliphatic hydroxyl groups is 4. The van der Waals surface area contributed by atoms with Crippen LogP contribution in [0.1, 0.15) is 26.9 Å². The predicted molar refractivity (Wildman–Crippen MR) is 95.1 cm³/mol. The highest BCUT2D eigenvalue weighted by atomic mass is 35.5. The van der Waals surface area contributed by atoms with Gasteiger partial charge in [-0.15, -0.1) is 0 Å². The Balaban J connectivity index is 2.07. The zero-order valence-electron chi connectivity index (χ0n) is 16.6. The maximum Gasteiger partial charge on any atom is 0.115 e. The molecule has 2 aromatic rings. The van der Waals surface area contributed by atoms with Gasteiger partial charge in [0, 0.05) is 7.76 Å². The Hall–Kier alpha value is -1.67. The third-order valence-electron chi connectivity index (χ3n) is 4.18. The Labute approximate surface area is 160 Å². The average Bonchev–Trinajstić information content (AvgIpc) is 2.69. The van der Waals surface area contributed by atoms with E-state index in [0.717, 1.165) is 0 Å². The summed E-state index contributed by atoms with van der Waals surface area (Å²) < 4.78 is 31.0. The van der Waals surface area contributed by atoms with E-state index in [2.05, 4.69) is 0 Å². The van der Waals surface area contributed by atoms with Crippen molar-refractivity contribution in [2.24, 2.45) is 0 Å². The Morgan fingerprint density at radius 1 is 1.04 bits per heavy atom. The molecule has 1 fully saturated rings. The minimum atomic E-state index is -2.28. The van der Waals surface area contributed by atoms with Crippen LogP contribution in [0, 0.1) is 0 Å². The lowest BCUT2D eigenvalue weighted by molar-refractivity contribution is -0.231. The van der Waals surface area contributed by atoms with Crippen LogP contribution in [0.15, 0.2) is 42.5 Å². The standard InChI is InChI=1S/C19H21ClO6/c20-14-6-3-11(8-12(14)7-10-1-4-13(22)5-2-10)19-18(25)17(24)16(23)15(9-21)26-19/h1-6,8,15-19,21-25H,7,9H2/t15-,16-,17+,18-,19+/m1/s1/i7D2,19D. The molecular formula is C19H21ClO6. The molecule has 5 N–H and O–H groups in total. The highest BCUT2D eigenvalue weighted by molar-refractivity contribution is 6.31. The van der Waals surface area contributed by atoms with Crippen molar-refractivity contribution in [1.82, 2.24) is 0 Å². The second kappa shape index (κ2) is 7.92. The Morgan fingerprint density at radius 3 is 2.38 bits per heavy atom. The highest BCUT2D eigenvalue weighted by Crippen LogP contribution is 2.34. The highest BCUT2D eigenvalue weighted by Gasteiger charge is 2.43. The Kier molecular flexibility index (Phi) is 4.69. The van der Waals surface area contributed by atoms with Gasteiger partial charge in [-0.2, -0.15) is 0 Å². The number of ether oxygens (including phenoxy) is 1. The van der Waals surface area contributed by atoms with Crippen LogP contribution >= 0.6 is 11.6 Å². The van der Waals surface area contributed by atoms with Crippen LogP contribution in [0.5, 0.6) is 5.75 Å². The number of hydrogen-bond donors (Lipinski definition) is 5. The second-order valence-corrected chi connectivity index (χ2v) is 6.40. The van der Waals surface area contributed by atoms with Crippen LogP contribution in [0.4, 0.5) is 0 Å². The molecule has 0 unspecified atom stereocenters. The lowest BCUT2D eigenvalue weighted by Gasteiger charge is -2.40. The van der Waals surface area contributed by atoms with E-state index in [-0.39, 0.29) is 27.5 Å². The maximum atomic E-state index is 10.4. The molecular weight excluding hydrogens is 360 g/mol. The summed E-state index contributed by atoms with van der Waals surface area (Å²) in [5.74, 6) is -0.0316. The molecule has 1 heterocycles. The molecule has 7 heteroatoms. The number of rotatable bonds is 4. The molecule has 1 aliphatic heterocycles. The molecule has 6 nitrogen and oxygen atoms in total. The second-order valence-electron chi connectivity index (χ2n) is 6.00. The van der Waals surface area contributed by atoms with Gasteiger partial charge in [-0.1, -0.05) is 35.9 Å². The lowest BCUT2D eigenvalue weighted by atomic mass is 9.90. The monoisotopic (exact) mass is 383 g/mol. The van der Waals surface area contributed by atoms with Crippen molar-refractivity contribution in [3.63, 3.8) is 0 Å². The quantitative estimate of drug-likeness (QED) is 0.541. The van der Waals surface area contributed by atoms with Crippen molar-refractivity contribution >= 4 is 11.6 Å². The first-order chi connectivity index (χ1) is 13.5. The van der Waals surface area contributed by atoms with Crippen molar-refractivity contribution in [2.45, 2.75) is 36.9 Å². The lowest BCUT2D eigenvalue weighted by Crippen LogP contribution is -2.55. The van der Waals surface area contributed by atoms with Crippen LogP contribution in [-0.2, 0) is 11.1 Å². The van der Waals surface area contributed by atoms with E-state index in [4.69, 9.17) is 20.5 Å². The van der Waals surface area contributed by atoms with Gasteiger partial charge in [-0.05, 0) is 41.3 Å². The van der Waals surface area contributed by atoms with Gasteiger partial charge >= 0.3 is 0 Å². The number of phenolic OH excluding ortho intramolecular Hbond substituents is 1. The number of phenols is 1. The average molecular weight is 384 g/mol. The summed E-state index contributed by atoms with van der Waals surface area (Å²) in [4.78, 5) is 0. The van der Waals surface area contributed by atoms with E-state index in [1.807, 2.05) is 0 Å². The number of benzene rings is 2. The summed E-state index contributed by atoms with van der Waals surface area (Å²) in [6.45, 7) is -0.694. The summed E-state index contributed by atoms with van der Waals surface area (Å²) in [5, 5.41) is 49.3.